The molecule has 1 aromatic heterocycles. The van der Waals surface area contributed by atoms with Crippen molar-refractivity contribution in [1.82, 2.24) is 5.32 Å². The lowest BCUT2D eigenvalue weighted by atomic mass is 9.72. The molecule has 2 aliphatic rings. The van der Waals surface area contributed by atoms with Gasteiger partial charge in [0.25, 0.3) is 0 Å². The molecule has 1 aliphatic heterocycles. The summed E-state index contributed by atoms with van der Waals surface area (Å²) < 4.78 is 27.6. The molecule has 0 fully saturated rings. The van der Waals surface area contributed by atoms with Crippen LogP contribution in [-0.4, -0.2) is 45.8 Å². The van der Waals surface area contributed by atoms with Crippen LogP contribution in [0.2, 0.25) is 0 Å². The van der Waals surface area contributed by atoms with Crippen molar-refractivity contribution in [2.75, 3.05) is 34.0 Å². The Bertz CT molecular complexity index is 1660. The fourth-order valence-corrected chi connectivity index (χ4v) is 5.82. The van der Waals surface area contributed by atoms with E-state index in [1.54, 1.807) is 26.2 Å². The summed E-state index contributed by atoms with van der Waals surface area (Å²) in [6.07, 6.45) is 2.06. The predicted molar refractivity (Wildman–Crippen MR) is 157 cm³/mol. The van der Waals surface area contributed by atoms with Crippen LogP contribution >= 0.6 is 0 Å². The van der Waals surface area contributed by atoms with E-state index in [-0.39, 0.29) is 47.9 Å². The van der Waals surface area contributed by atoms with Gasteiger partial charge in [0.2, 0.25) is 0 Å². The second kappa shape index (κ2) is 12.2. The molecule has 0 amide bonds. The number of allylic oxidation sites excluding steroid dienone is 3. The molecule has 0 radical (unpaired) electrons. The second-order valence-electron chi connectivity index (χ2n) is 10.5. The zero-order valence-corrected chi connectivity index (χ0v) is 24.5. The SMILES string of the molecule is CCOc1ccc([C@H]2CC(=O)C3=C(C2)NC(C)=C(C(=O)OCCOC)[C@@H]3c2coc3ccc(C)cc3c2=O)cc1OC. The molecule has 2 atom stereocenters. The minimum atomic E-state index is -0.944. The maximum atomic E-state index is 14.0. The normalized spacial score (nSPS) is 18.5. The number of ketones is 1. The minimum absolute atomic E-state index is 0.0336. The first kappa shape index (κ1) is 29.1. The van der Waals surface area contributed by atoms with Gasteiger partial charge in [0.1, 0.15) is 12.2 Å². The minimum Gasteiger partial charge on any atom is -0.493 e. The van der Waals surface area contributed by atoms with E-state index in [1.807, 2.05) is 38.1 Å². The number of benzene rings is 2. The first-order valence-electron chi connectivity index (χ1n) is 14.0. The van der Waals surface area contributed by atoms with Gasteiger partial charge in [-0.15, -0.1) is 0 Å². The summed E-state index contributed by atoms with van der Waals surface area (Å²) in [5.41, 5.74) is 3.96. The molecule has 0 spiro atoms. The number of carbonyl (C=O) groups excluding carboxylic acids is 2. The van der Waals surface area contributed by atoms with Crippen LogP contribution in [0.25, 0.3) is 11.0 Å². The molecule has 0 bridgehead atoms. The lowest BCUT2D eigenvalue weighted by molar-refractivity contribution is -0.140. The lowest BCUT2D eigenvalue weighted by Crippen LogP contribution is -2.37. The molecule has 42 heavy (non-hydrogen) atoms. The molecule has 220 valence electrons. The van der Waals surface area contributed by atoms with Gasteiger partial charge in [-0.25, -0.2) is 4.79 Å². The zero-order valence-electron chi connectivity index (χ0n) is 24.5. The molecule has 0 saturated heterocycles. The number of fused-ring (bicyclic) bond motifs is 1. The van der Waals surface area contributed by atoms with E-state index >= 15 is 0 Å². The number of rotatable bonds is 9. The molecule has 5 rings (SSSR count). The van der Waals surface area contributed by atoms with Crippen molar-refractivity contribution >= 4 is 22.7 Å². The quantitative estimate of drug-likeness (QED) is 0.277. The number of hydrogen-bond donors (Lipinski definition) is 1. The van der Waals surface area contributed by atoms with E-state index in [2.05, 4.69) is 5.32 Å². The van der Waals surface area contributed by atoms with Crippen LogP contribution in [0.4, 0.5) is 0 Å². The molecule has 0 unspecified atom stereocenters. The average Bonchev–Trinajstić information content (AvgIpc) is 2.97. The fourth-order valence-electron chi connectivity index (χ4n) is 5.82. The van der Waals surface area contributed by atoms with Gasteiger partial charge >= 0.3 is 5.97 Å². The van der Waals surface area contributed by atoms with E-state index in [0.717, 1.165) is 11.1 Å². The van der Waals surface area contributed by atoms with Crippen molar-refractivity contribution in [3.63, 3.8) is 0 Å². The van der Waals surface area contributed by atoms with Crippen LogP contribution in [0.3, 0.4) is 0 Å². The summed E-state index contributed by atoms with van der Waals surface area (Å²) in [6, 6.07) is 11.1. The third-order valence-electron chi connectivity index (χ3n) is 7.79. The third-order valence-corrected chi connectivity index (χ3v) is 7.79. The predicted octanol–water partition coefficient (Wildman–Crippen LogP) is 5.06. The number of esters is 1. The summed E-state index contributed by atoms with van der Waals surface area (Å²) in [5.74, 6) is -0.644. The van der Waals surface area contributed by atoms with Gasteiger partial charge in [-0.2, -0.15) is 0 Å². The number of Topliss-reactive ketones (excluding diaryl/α,β-unsaturated/α-hetero) is 1. The number of nitrogens with one attached hydrogen (secondary N) is 1. The highest BCUT2D eigenvalue weighted by Crippen LogP contribution is 2.46. The maximum absolute atomic E-state index is 14.0. The Hall–Kier alpha value is -4.37. The Balaban J connectivity index is 1.61. The van der Waals surface area contributed by atoms with Crippen molar-refractivity contribution in [1.29, 1.82) is 0 Å². The van der Waals surface area contributed by atoms with Gasteiger partial charge in [0.15, 0.2) is 22.7 Å². The third kappa shape index (κ3) is 5.44. The molecule has 1 N–H and O–H groups in total. The van der Waals surface area contributed by atoms with Crippen LogP contribution in [0.5, 0.6) is 11.5 Å². The van der Waals surface area contributed by atoms with Gasteiger partial charge < -0.3 is 28.7 Å². The van der Waals surface area contributed by atoms with Crippen molar-refractivity contribution in [3.05, 3.63) is 92.1 Å². The molecular weight excluding hydrogens is 538 g/mol. The number of methoxy groups -OCH3 is 2. The highest BCUT2D eigenvalue weighted by atomic mass is 16.6. The van der Waals surface area contributed by atoms with E-state index in [4.69, 9.17) is 23.4 Å². The Labute approximate surface area is 244 Å². The van der Waals surface area contributed by atoms with E-state index in [0.29, 0.717) is 52.5 Å². The van der Waals surface area contributed by atoms with Crippen molar-refractivity contribution in [3.8, 4) is 11.5 Å². The van der Waals surface area contributed by atoms with Crippen LogP contribution in [-0.2, 0) is 19.1 Å². The second-order valence-corrected chi connectivity index (χ2v) is 10.5. The van der Waals surface area contributed by atoms with Crippen LogP contribution in [0.1, 0.15) is 55.2 Å². The summed E-state index contributed by atoms with van der Waals surface area (Å²) in [6.45, 7) is 6.30. The average molecular weight is 574 g/mol. The topological polar surface area (TPSA) is 113 Å². The van der Waals surface area contributed by atoms with Crippen LogP contribution in [0.15, 0.2) is 74.4 Å². The largest absolute Gasteiger partial charge is 0.493 e. The highest BCUT2D eigenvalue weighted by molar-refractivity contribution is 6.04. The Morgan fingerprint density at radius 3 is 2.57 bits per heavy atom. The Morgan fingerprint density at radius 2 is 1.83 bits per heavy atom. The molecule has 9 nitrogen and oxygen atoms in total. The first-order chi connectivity index (χ1) is 20.3. The smallest absolute Gasteiger partial charge is 0.336 e. The summed E-state index contributed by atoms with van der Waals surface area (Å²) in [4.78, 5) is 41.4. The van der Waals surface area contributed by atoms with Gasteiger partial charge in [0.05, 0.1) is 43.5 Å². The first-order valence-corrected chi connectivity index (χ1v) is 14.0. The number of ether oxygens (including phenoxy) is 4. The molecule has 2 aromatic carbocycles. The summed E-state index contributed by atoms with van der Waals surface area (Å²) in [5, 5.41) is 3.70. The Kier molecular flexibility index (Phi) is 8.49. The van der Waals surface area contributed by atoms with Gasteiger partial charge in [-0.05, 0) is 62.9 Å². The lowest BCUT2D eigenvalue weighted by Gasteiger charge is -2.36. The maximum Gasteiger partial charge on any atom is 0.336 e. The molecule has 3 aromatic rings. The van der Waals surface area contributed by atoms with E-state index in [9.17, 15) is 14.4 Å². The summed E-state index contributed by atoms with van der Waals surface area (Å²) in [7, 11) is 3.10. The van der Waals surface area contributed by atoms with E-state index < -0.39 is 11.9 Å². The number of dihydropyridines is 1. The molecule has 2 heterocycles. The monoisotopic (exact) mass is 573 g/mol. The molecule has 0 saturated carbocycles. The highest BCUT2D eigenvalue weighted by Gasteiger charge is 2.43. The van der Waals surface area contributed by atoms with Crippen molar-refractivity contribution in [2.45, 2.75) is 45.4 Å². The van der Waals surface area contributed by atoms with Crippen molar-refractivity contribution in [2.24, 2.45) is 0 Å². The molecule has 1 aliphatic carbocycles. The zero-order chi connectivity index (χ0) is 30.0. The van der Waals surface area contributed by atoms with Gasteiger partial charge in [-0.1, -0.05) is 17.7 Å². The van der Waals surface area contributed by atoms with Crippen LogP contribution < -0.4 is 20.2 Å². The Morgan fingerprint density at radius 1 is 1.02 bits per heavy atom. The molecular formula is C33H35NO8. The standard InChI is InChI=1S/C33H35NO8/c1-6-40-27-10-8-20(16-28(27)39-5)21-14-24-31(25(35)15-21)30(29(19(3)34-24)33(37)41-12-11-38-4)23-17-42-26-9-7-18(2)13-22(26)32(23)36/h7-10,13,16-17,21,30,34H,6,11-12,14-15H2,1-5H3/t21-,30+/m1/s1. The van der Waals surface area contributed by atoms with E-state index in [1.165, 1.54) is 13.4 Å². The van der Waals surface area contributed by atoms with Crippen molar-refractivity contribution < 1.29 is 33.0 Å². The van der Waals surface area contributed by atoms with Gasteiger partial charge in [-0.3, -0.25) is 9.59 Å². The number of carbonyl (C=O) groups is 2. The van der Waals surface area contributed by atoms with Gasteiger partial charge in [0, 0.05) is 36.1 Å². The summed E-state index contributed by atoms with van der Waals surface area (Å²) >= 11 is 0. The fraction of sp³-hybridized carbons (Fsp3) is 0.364. The number of aryl methyl sites for hydroxylation is 1. The van der Waals surface area contributed by atoms with Crippen LogP contribution in [0, 0.1) is 6.92 Å². The number of hydrogen-bond acceptors (Lipinski definition) is 9. The molecule has 9 heteroatoms.